The van der Waals surface area contributed by atoms with Gasteiger partial charge in [-0.15, -0.1) is 0 Å². The molecule has 1 heteroatoms. The zero-order valence-electron chi connectivity index (χ0n) is 8.64. The van der Waals surface area contributed by atoms with Crippen molar-refractivity contribution in [2.24, 2.45) is 11.8 Å². The van der Waals surface area contributed by atoms with Crippen molar-refractivity contribution >= 4 is 0 Å². The summed E-state index contributed by atoms with van der Waals surface area (Å²) >= 11 is 0. The fraction of sp³-hybridized carbons (Fsp3) is 1.00. The van der Waals surface area contributed by atoms with Crippen LogP contribution in [0.15, 0.2) is 0 Å². The molecule has 1 saturated carbocycles. The Kier molecular flexibility index (Phi) is 3.16. The molecule has 1 rings (SSSR count). The van der Waals surface area contributed by atoms with E-state index < -0.39 is 5.60 Å². The Hall–Kier alpha value is -0.0400. The van der Waals surface area contributed by atoms with Gasteiger partial charge in [-0.3, -0.25) is 0 Å². The zero-order valence-corrected chi connectivity index (χ0v) is 8.64. The monoisotopic (exact) mass is 170 g/mol. The first-order chi connectivity index (χ1) is 5.60. The summed E-state index contributed by atoms with van der Waals surface area (Å²) in [6, 6.07) is 0. The summed E-state index contributed by atoms with van der Waals surface area (Å²) in [6.07, 6.45) is 5.93. The molecule has 0 radical (unpaired) electrons. The molecule has 0 aromatic heterocycles. The Morgan fingerprint density at radius 1 is 1.33 bits per heavy atom. The Morgan fingerprint density at radius 2 is 1.83 bits per heavy atom. The van der Waals surface area contributed by atoms with Crippen LogP contribution in [0, 0.1) is 11.8 Å². The summed E-state index contributed by atoms with van der Waals surface area (Å²) < 4.78 is 0. The molecule has 0 saturated heterocycles. The van der Waals surface area contributed by atoms with E-state index in [0.29, 0.717) is 5.92 Å². The minimum absolute atomic E-state index is 0.398. The highest BCUT2D eigenvalue weighted by atomic mass is 16.3. The van der Waals surface area contributed by atoms with Gasteiger partial charge < -0.3 is 5.11 Å². The van der Waals surface area contributed by atoms with E-state index in [0.717, 1.165) is 25.2 Å². The molecule has 0 aromatic rings. The molecule has 1 atom stereocenters. The summed E-state index contributed by atoms with van der Waals surface area (Å²) in [5, 5.41) is 10.2. The van der Waals surface area contributed by atoms with Crippen LogP contribution in [-0.4, -0.2) is 10.7 Å². The van der Waals surface area contributed by atoms with Gasteiger partial charge in [0, 0.05) is 0 Å². The Bertz CT molecular complexity index is 132. The molecular formula is C11H22O. The fourth-order valence-corrected chi connectivity index (χ4v) is 2.24. The third-order valence-corrected chi connectivity index (χ3v) is 3.26. The van der Waals surface area contributed by atoms with Crippen LogP contribution >= 0.6 is 0 Å². The Balaban J connectivity index is 2.41. The van der Waals surface area contributed by atoms with Crippen molar-refractivity contribution in [1.29, 1.82) is 0 Å². The third-order valence-electron chi connectivity index (χ3n) is 3.26. The van der Waals surface area contributed by atoms with Crippen LogP contribution in [0.3, 0.4) is 0 Å². The maximum absolute atomic E-state index is 10.2. The second kappa shape index (κ2) is 3.78. The van der Waals surface area contributed by atoms with Crippen LogP contribution in [0.2, 0.25) is 0 Å². The lowest BCUT2D eigenvalue weighted by atomic mass is 9.81. The predicted molar refractivity (Wildman–Crippen MR) is 52.0 cm³/mol. The highest BCUT2D eigenvalue weighted by Gasteiger charge is 2.35. The van der Waals surface area contributed by atoms with Gasteiger partial charge in [0.15, 0.2) is 0 Å². The molecule has 0 amide bonds. The summed E-state index contributed by atoms with van der Waals surface area (Å²) in [4.78, 5) is 0. The molecule has 0 heterocycles. The van der Waals surface area contributed by atoms with E-state index in [1.165, 1.54) is 12.8 Å². The van der Waals surface area contributed by atoms with E-state index in [1.807, 2.05) is 6.92 Å². The molecule has 12 heavy (non-hydrogen) atoms. The van der Waals surface area contributed by atoms with Crippen molar-refractivity contribution in [1.82, 2.24) is 0 Å². The van der Waals surface area contributed by atoms with Crippen molar-refractivity contribution in [3.63, 3.8) is 0 Å². The largest absolute Gasteiger partial charge is 0.390 e. The molecule has 72 valence electrons. The maximum Gasteiger partial charge on any atom is 0.0650 e. The molecule has 1 aliphatic rings. The van der Waals surface area contributed by atoms with Gasteiger partial charge in [0.2, 0.25) is 0 Å². The van der Waals surface area contributed by atoms with E-state index in [9.17, 15) is 5.11 Å². The van der Waals surface area contributed by atoms with Crippen molar-refractivity contribution in [2.75, 3.05) is 0 Å². The van der Waals surface area contributed by atoms with Gasteiger partial charge in [-0.05, 0) is 25.2 Å². The van der Waals surface area contributed by atoms with Crippen molar-refractivity contribution in [2.45, 2.75) is 58.5 Å². The van der Waals surface area contributed by atoms with Crippen molar-refractivity contribution in [3.8, 4) is 0 Å². The smallest absolute Gasteiger partial charge is 0.0650 e. The summed E-state index contributed by atoms with van der Waals surface area (Å²) in [6.45, 7) is 6.37. The normalized spacial score (nSPS) is 22.8. The molecule has 1 aliphatic carbocycles. The van der Waals surface area contributed by atoms with E-state index in [-0.39, 0.29) is 0 Å². The molecule has 1 fully saturated rings. The fourth-order valence-electron chi connectivity index (χ4n) is 2.24. The van der Waals surface area contributed by atoms with Crippen LogP contribution in [-0.2, 0) is 0 Å². The Labute approximate surface area is 76.2 Å². The number of rotatable bonds is 5. The lowest BCUT2D eigenvalue weighted by Crippen LogP contribution is -2.34. The minimum atomic E-state index is -0.398. The van der Waals surface area contributed by atoms with Gasteiger partial charge in [-0.1, -0.05) is 39.5 Å². The lowest BCUT2D eigenvalue weighted by Gasteiger charge is -2.31. The quantitative estimate of drug-likeness (QED) is 0.672. The summed E-state index contributed by atoms with van der Waals surface area (Å²) in [5.41, 5.74) is -0.398. The van der Waals surface area contributed by atoms with Gasteiger partial charge in [0.1, 0.15) is 0 Å². The molecule has 0 spiro atoms. The third kappa shape index (κ3) is 2.48. The summed E-state index contributed by atoms with van der Waals surface area (Å²) in [7, 11) is 0. The Morgan fingerprint density at radius 3 is 2.17 bits per heavy atom. The van der Waals surface area contributed by atoms with Gasteiger partial charge >= 0.3 is 0 Å². The first-order valence-corrected chi connectivity index (χ1v) is 5.32. The van der Waals surface area contributed by atoms with Crippen molar-refractivity contribution < 1.29 is 5.11 Å². The highest BCUT2D eigenvalue weighted by Crippen LogP contribution is 2.40. The predicted octanol–water partition coefficient (Wildman–Crippen LogP) is 2.97. The number of hydrogen-bond donors (Lipinski definition) is 1. The average Bonchev–Trinajstić information content (AvgIpc) is 2.72. The lowest BCUT2D eigenvalue weighted by molar-refractivity contribution is -0.0168. The average molecular weight is 170 g/mol. The van der Waals surface area contributed by atoms with Crippen molar-refractivity contribution in [3.05, 3.63) is 0 Å². The maximum atomic E-state index is 10.2. The molecule has 1 nitrogen and oxygen atoms in total. The van der Waals surface area contributed by atoms with Gasteiger partial charge in [0.25, 0.3) is 0 Å². The van der Waals surface area contributed by atoms with Crippen LogP contribution in [0.25, 0.3) is 0 Å². The molecule has 0 bridgehead atoms. The van der Waals surface area contributed by atoms with Gasteiger partial charge in [-0.25, -0.2) is 0 Å². The first kappa shape index (κ1) is 10.0. The van der Waals surface area contributed by atoms with Gasteiger partial charge in [0.05, 0.1) is 5.60 Å². The number of hydrogen-bond acceptors (Lipinski definition) is 1. The van der Waals surface area contributed by atoms with Crippen LogP contribution in [0.1, 0.15) is 52.9 Å². The molecule has 1 N–H and O–H groups in total. The van der Waals surface area contributed by atoms with Crippen LogP contribution in [0.4, 0.5) is 0 Å². The van der Waals surface area contributed by atoms with E-state index >= 15 is 0 Å². The molecule has 1 unspecified atom stereocenters. The van der Waals surface area contributed by atoms with Gasteiger partial charge in [-0.2, -0.15) is 0 Å². The topological polar surface area (TPSA) is 20.2 Å². The van der Waals surface area contributed by atoms with E-state index in [4.69, 9.17) is 0 Å². The van der Waals surface area contributed by atoms with Crippen LogP contribution in [0.5, 0.6) is 0 Å². The highest BCUT2D eigenvalue weighted by molar-refractivity contribution is 4.87. The minimum Gasteiger partial charge on any atom is -0.390 e. The van der Waals surface area contributed by atoms with Crippen LogP contribution < -0.4 is 0 Å². The number of aliphatic hydroxyl groups is 1. The second-order valence-electron chi connectivity index (χ2n) is 4.52. The summed E-state index contributed by atoms with van der Waals surface area (Å²) in [5.74, 6) is 1.33. The van der Waals surface area contributed by atoms with E-state index in [2.05, 4.69) is 13.8 Å². The SMILES string of the molecule is CCC(CC)C(C)(O)CC1CC1. The van der Waals surface area contributed by atoms with E-state index in [1.54, 1.807) is 0 Å². The second-order valence-corrected chi connectivity index (χ2v) is 4.52. The first-order valence-electron chi connectivity index (χ1n) is 5.32. The standard InChI is InChI=1S/C11H22O/c1-4-10(5-2)11(3,12)8-9-6-7-9/h9-10,12H,4-8H2,1-3H3. The molecular weight excluding hydrogens is 148 g/mol. The molecule has 0 aliphatic heterocycles. The zero-order chi connectivity index (χ0) is 9.19. The molecule has 0 aromatic carbocycles.